The molecule has 3 aromatic rings. The minimum atomic E-state index is -3.46. The molecule has 0 unspecified atom stereocenters. The topological polar surface area (TPSA) is 70.1 Å². The fraction of sp³-hybridized carbons (Fsp3) is 0.304. The van der Waals surface area contributed by atoms with Gasteiger partial charge in [-0.2, -0.15) is 4.31 Å². The molecule has 1 atom stereocenters. The Kier molecular flexibility index (Phi) is 6.93. The summed E-state index contributed by atoms with van der Waals surface area (Å²) in [6, 6.07) is 20.4. The standard InChI is InChI=1S/C23H25BrN2O4S/c24-20-8-6-19-15-22(9-7-18(19)14-20)30-17-21(27)16-25-10-12-26(13-11-25)31(28,29)23-4-2-1-3-5-23/h1-9,14-15,21,27H,10-13,16-17H2/t21-/m1/s1. The Morgan fingerprint density at radius 2 is 1.61 bits per heavy atom. The number of ether oxygens (including phenoxy) is 1. The van der Waals surface area contributed by atoms with Crippen LogP contribution in [-0.4, -0.2) is 68.2 Å². The predicted molar refractivity (Wildman–Crippen MR) is 125 cm³/mol. The van der Waals surface area contributed by atoms with Crippen LogP contribution in [-0.2, 0) is 10.0 Å². The summed E-state index contributed by atoms with van der Waals surface area (Å²) in [5, 5.41) is 12.6. The van der Waals surface area contributed by atoms with Crippen molar-refractivity contribution < 1.29 is 18.3 Å². The average molecular weight is 505 g/mol. The van der Waals surface area contributed by atoms with Crippen molar-refractivity contribution in [1.29, 1.82) is 0 Å². The number of sulfonamides is 1. The maximum Gasteiger partial charge on any atom is 0.243 e. The van der Waals surface area contributed by atoms with E-state index in [1.807, 2.05) is 36.4 Å². The highest BCUT2D eigenvalue weighted by molar-refractivity contribution is 9.10. The maximum absolute atomic E-state index is 12.7. The lowest BCUT2D eigenvalue weighted by Crippen LogP contribution is -2.50. The first-order valence-corrected chi connectivity index (χ1v) is 12.4. The molecule has 1 aliphatic rings. The molecule has 0 spiro atoms. The molecule has 1 saturated heterocycles. The third-order valence-electron chi connectivity index (χ3n) is 5.40. The zero-order chi connectivity index (χ0) is 21.8. The van der Waals surface area contributed by atoms with Crippen LogP contribution in [0.25, 0.3) is 10.8 Å². The van der Waals surface area contributed by atoms with Crippen LogP contribution >= 0.6 is 15.9 Å². The van der Waals surface area contributed by atoms with Crippen LogP contribution in [0.5, 0.6) is 5.75 Å². The third kappa shape index (κ3) is 5.45. The Hall–Kier alpha value is -1.97. The van der Waals surface area contributed by atoms with Crippen LogP contribution in [0.3, 0.4) is 0 Å². The van der Waals surface area contributed by atoms with Crippen molar-refractivity contribution in [3.05, 3.63) is 71.2 Å². The molecule has 0 aliphatic carbocycles. The summed E-state index contributed by atoms with van der Waals surface area (Å²) in [6.07, 6.45) is -0.655. The zero-order valence-corrected chi connectivity index (χ0v) is 19.4. The molecule has 8 heteroatoms. The van der Waals surface area contributed by atoms with Crippen LogP contribution in [0.2, 0.25) is 0 Å². The molecule has 1 aliphatic heterocycles. The smallest absolute Gasteiger partial charge is 0.243 e. The van der Waals surface area contributed by atoms with Crippen LogP contribution in [0, 0.1) is 0 Å². The van der Waals surface area contributed by atoms with Gasteiger partial charge in [0.1, 0.15) is 18.5 Å². The van der Waals surface area contributed by atoms with Gasteiger partial charge in [0.2, 0.25) is 10.0 Å². The van der Waals surface area contributed by atoms with Crippen molar-refractivity contribution in [2.75, 3.05) is 39.3 Å². The predicted octanol–water partition coefficient (Wildman–Crippen LogP) is 3.35. The van der Waals surface area contributed by atoms with E-state index in [-0.39, 0.29) is 6.61 Å². The van der Waals surface area contributed by atoms with Gasteiger partial charge in [0.15, 0.2) is 0 Å². The fourth-order valence-corrected chi connectivity index (χ4v) is 5.54. The molecule has 164 valence electrons. The van der Waals surface area contributed by atoms with Gasteiger partial charge in [0.05, 0.1) is 4.90 Å². The molecule has 1 fully saturated rings. The van der Waals surface area contributed by atoms with E-state index in [4.69, 9.17) is 4.74 Å². The van der Waals surface area contributed by atoms with E-state index in [1.54, 1.807) is 30.3 Å². The summed E-state index contributed by atoms with van der Waals surface area (Å²) >= 11 is 3.47. The van der Waals surface area contributed by atoms with Crippen LogP contribution < -0.4 is 4.74 Å². The Morgan fingerprint density at radius 3 is 2.35 bits per heavy atom. The molecule has 6 nitrogen and oxygen atoms in total. The average Bonchev–Trinajstić information content (AvgIpc) is 2.78. The minimum Gasteiger partial charge on any atom is -0.491 e. The first kappa shape index (κ1) is 22.2. The summed E-state index contributed by atoms with van der Waals surface area (Å²) in [4.78, 5) is 2.39. The molecule has 0 saturated carbocycles. The molecule has 0 aromatic heterocycles. The van der Waals surface area contributed by atoms with Gasteiger partial charge in [-0.1, -0.05) is 46.3 Å². The van der Waals surface area contributed by atoms with Crippen molar-refractivity contribution in [3.63, 3.8) is 0 Å². The van der Waals surface area contributed by atoms with Gasteiger partial charge in [-0.15, -0.1) is 0 Å². The number of nitrogens with zero attached hydrogens (tertiary/aromatic N) is 2. The van der Waals surface area contributed by atoms with Crippen molar-refractivity contribution in [2.24, 2.45) is 0 Å². The van der Waals surface area contributed by atoms with Crippen LogP contribution in [0.4, 0.5) is 0 Å². The first-order valence-electron chi connectivity index (χ1n) is 10.2. The molecular weight excluding hydrogens is 480 g/mol. The number of hydrogen-bond donors (Lipinski definition) is 1. The highest BCUT2D eigenvalue weighted by Gasteiger charge is 2.28. The first-order chi connectivity index (χ1) is 14.9. The fourth-order valence-electron chi connectivity index (χ4n) is 3.72. The normalized spacial score (nSPS) is 17.0. The summed E-state index contributed by atoms with van der Waals surface area (Å²) in [7, 11) is -3.46. The van der Waals surface area contributed by atoms with Gasteiger partial charge in [-0.3, -0.25) is 4.90 Å². The van der Waals surface area contributed by atoms with E-state index in [9.17, 15) is 13.5 Å². The summed E-state index contributed by atoms with van der Waals surface area (Å²) in [5.41, 5.74) is 0. The van der Waals surface area contributed by atoms with Crippen molar-refractivity contribution in [3.8, 4) is 5.75 Å². The number of aliphatic hydroxyl groups is 1. The van der Waals surface area contributed by atoms with E-state index in [2.05, 4.69) is 20.8 Å². The van der Waals surface area contributed by atoms with Crippen molar-refractivity contribution >= 4 is 36.7 Å². The highest BCUT2D eigenvalue weighted by atomic mass is 79.9. The van der Waals surface area contributed by atoms with Gasteiger partial charge in [0.25, 0.3) is 0 Å². The van der Waals surface area contributed by atoms with E-state index < -0.39 is 16.1 Å². The lowest BCUT2D eigenvalue weighted by Gasteiger charge is -2.34. The van der Waals surface area contributed by atoms with E-state index in [0.717, 1.165) is 15.2 Å². The lowest BCUT2D eigenvalue weighted by atomic mass is 10.1. The van der Waals surface area contributed by atoms with Crippen molar-refractivity contribution in [1.82, 2.24) is 9.21 Å². The summed E-state index contributed by atoms with van der Waals surface area (Å²) in [5.74, 6) is 0.715. The molecule has 4 rings (SSSR count). The van der Waals surface area contributed by atoms with Gasteiger partial charge < -0.3 is 9.84 Å². The van der Waals surface area contributed by atoms with Crippen LogP contribution in [0.1, 0.15) is 0 Å². The molecule has 1 heterocycles. The Morgan fingerprint density at radius 1 is 0.935 bits per heavy atom. The third-order valence-corrected chi connectivity index (χ3v) is 7.80. The molecule has 0 amide bonds. The number of fused-ring (bicyclic) bond motifs is 1. The van der Waals surface area contributed by atoms with Gasteiger partial charge in [-0.25, -0.2) is 8.42 Å². The van der Waals surface area contributed by atoms with E-state index >= 15 is 0 Å². The minimum absolute atomic E-state index is 0.185. The number of hydrogen-bond acceptors (Lipinski definition) is 5. The van der Waals surface area contributed by atoms with Gasteiger partial charge >= 0.3 is 0 Å². The quantitative estimate of drug-likeness (QED) is 0.534. The summed E-state index contributed by atoms with van der Waals surface area (Å²) in [6.45, 7) is 2.60. The Balaban J connectivity index is 1.26. The second-order valence-electron chi connectivity index (χ2n) is 7.64. The second-order valence-corrected chi connectivity index (χ2v) is 10.5. The number of rotatable bonds is 7. The van der Waals surface area contributed by atoms with Crippen LogP contribution in [0.15, 0.2) is 76.1 Å². The molecular formula is C23H25BrN2O4S. The zero-order valence-electron chi connectivity index (χ0n) is 17.0. The lowest BCUT2D eigenvalue weighted by molar-refractivity contribution is 0.0569. The van der Waals surface area contributed by atoms with Crippen molar-refractivity contribution in [2.45, 2.75) is 11.0 Å². The van der Waals surface area contributed by atoms with E-state index in [1.165, 1.54) is 4.31 Å². The summed E-state index contributed by atoms with van der Waals surface area (Å²) < 4.78 is 33.8. The maximum atomic E-state index is 12.7. The monoisotopic (exact) mass is 504 g/mol. The second kappa shape index (κ2) is 9.67. The number of β-amino-alcohol motifs (C(OH)–C–C–N with tert-alkyl or cyclic N) is 1. The number of piperazine rings is 1. The Labute approximate surface area is 191 Å². The van der Waals surface area contributed by atoms with Gasteiger partial charge in [0, 0.05) is 37.2 Å². The largest absolute Gasteiger partial charge is 0.491 e. The highest BCUT2D eigenvalue weighted by Crippen LogP contribution is 2.24. The molecule has 3 aromatic carbocycles. The SMILES string of the molecule is O=S(=O)(c1ccccc1)N1CCN(C[C@@H](O)COc2ccc3cc(Br)ccc3c2)CC1. The molecule has 0 radical (unpaired) electrons. The molecule has 0 bridgehead atoms. The number of aliphatic hydroxyl groups excluding tert-OH is 1. The Bertz CT molecular complexity index is 1130. The number of halogens is 1. The van der Waals surface area contributed by atoms with Gasteiger partial charge in [-0.05, 0) is 47.2 Å². The number of benzene rings is 3. The molecule has 1 N–H and O–H groups in total. The van der Waals surface area contributed by atoms with E-state index in [0.29, 0.717) is 43.4 Å². The molecule has 31 heavy (non-hydrogen) atoms.